The summed E-state index contributed by atoms with van der Waals surface area (Å²) in [5.41, 5.74) is 1.19. The molecule has 2 unspecified atom stereocenters. The van der Waals surface area contributed by atoms with Crippen LogP contribution in [-0.4, -0.2) is 11.0 Å². The number of aryl methyl sites for hydroxylation is 1. The van der Waals surface area contributed by atoms with E-state index >= 15 is 0 Å². The average Bonchev–Trinajstić information content (AvgIpc) is 2.89. The van der Waals surface area contributed by atoms with Gasteiger partial charge in [-0.1, -0.05) is 13.3 Å². The van der Waals surface area contributed by atoms with Gasteiger partial charge in [0.15, 0.2) is 0 Å². The Morgan fingerprint density at radius 1 is 1.64 bits per heavy atom. The topological polar surface area (TPSA) is 24.9 Å². The molecular formula is C11H15BrN2. The molecule has 0 radical (unpaired) electrons. The quantitative estimate of drug-likeness (QED) is 0.895. The van der Waals surface area contributed by atoms with E-state index in [1.807, 2.05) is 13.1 Å². The predicted octanol–water partition coefficient (Wildman–Crippen LogP) is 3.36. The van der Waals surface area contributed by atoms with Crippen LogP contribution in [0.4, 0.5) is 5.82 Å². The number of nitrogens with zero attached hydrogens (tertiary/aromatic N) is 1. The molecule has 0 bridgehead atoms. The first-order valence-corrected chi connectivity index (χ1v) is 5.88. The van der Waals surface area contributed by atoms with Crippen molar-refractivity contribution in [2.24, 2.45) is 5.92 Å². The average molecular weight is 255 g/mol. The molecule has 76 valence electrons. The molecular weight excluding hydrogens is 240 g/mol. The lowest BCUT2D eigenvalue weighted by molar-refractivity contribution is 0.773. The highest BCUT2D eigenvalue weighted by Gasteiger charge is 2.35. The second kappa shape index (κ2) is 3.89. The zero-order valence-electron chi connectivity index (χ0n) is 8.55. The molecule has 1 saturated carbocycles. The van der Waals surface area contributed by atoms with E-state index in [0.717, 1.165) is 16.2 Å². The molecule has 1 N–H and O–H groups in total. The van der Waals surface area contributed by atoms with E-state index in [2.05, 4.69) is 39.2 Å². The van der Waals surface area contributed by atoms with Crippen LogP contribution in [0.5, 0.6) is 0 Å². The molecule has 0 amide bonds. The van der Waals surface area contributed by atoms with Crippen molar-refractivity contribution in [3.63, 3.8) is 0 Å². The van der Waals surface area contributed by atoms with Crippen molar-refractivity contribution < 1.29 is 0 Å². The fourth-order valence-corrected chi connectivity index (χ4v) is 2.27. The maximum atomic E-state index is 4.37. The summed E-state index contributed by atoms with van der Waals surface area (Å²) in [7, 11) is 0. The van der Waals surface area contributed by atoms with Crippen LogP contribution < -0.4 is 5.32 Å². The molecule has 3 heteroatoms. The van der Waals surface area contributed by atoms with Crippen LogP contribution in [0.2, 0.25) is 0 Å². The van der Waals surface area contributed by atoms with Crippen molar-refractivity contribution in [1.82, 2.24) is 4.98 Å². The van der Waals surface area contributed by atoms with Crippen LogP contribution in [0.3, 0.4) is 0 Å². The smallest absolute Gasteiger partial charge is 0.140 e. The summed E-state index contributed by atoms with van der Waals surface area (Å²) < 4.78 is 1.07. The van der Waals surface area contributed by atoms with Gasteiger partial charge in [-0.25, -0.2) is 4.98 Å². The van der Waals surface area contributed by atoms with E-state index in [0.29, 0.717) is 6.04 Å². The number of rotatable bonds is 3. The maximum absolute atomic E-state index is 4.37. The fourth-order valence-electron chi connectivity index (χ4n) is 1.69. The van der Waals surface area contributed by atoms with Crippen LogP contribution in [0.25, 0.3) is 0 Å². The molecule has 1 aliphatic rings. The molecule has 0 saturated heterocycles. The summed E-state index contributed by atoms with van der Waals surface area (Å²) in [4.78, 5) is 4.37. The molecule has 2 atom stereocenters. The van der Waals surface area contributed by atoms with Gasteiger partial charge in [0.2, 0.25) is 0 Å². The molecule has 0 aromatic carbocycles. The maximum Gasteiger partial charge on any atom is 0.140 e. The minimum atomic E-state index is 0.645. The highest BCUT2D eigenvalue weighted by molar-refractivity contribution is 9.10. The molecule has 1 aromatic rings. The summed E-state index contributed by atoms with van der Waals surface area (Å²) in [5, 5.41) is 3.45. The van der Waals surface area contributed by atoms with Crippen molar-refractivity contribution >= 4 is 21.7 Å². The van der Waals surface area contributed by atoms with E-state index in [1.54, 1.807) is 0 Å². The molecule has 1 aromatic heterocycles. The van der Waals surface area contributed by atoms with Gasteiger partial charge in [-0.3, -0.25) is 0 Å². The third kappa shape index (κ3) is 2.08. The van der Waals surface area contributed by atoms with Gasteiger partial charge in [-0.2, -0.15) is 0 Å². The minimum Gasteiger partial charge on any atom is -0.366 e. The number of anilines is 1. The predicted molar refractivity (Wildman–Crippen MR) is 62.5 cm³/mol. The van der Waals surface area contributed by atoms with Gasteiger partial charge in [0.1, 0.15) is 5.82 Å². The van der Waals surface area contributed by atoms with Crippen molar-refractivity contribution in [2.45, 2.75) is 32.7 Å². The Labute approximate surface area is 93.3 Å². The Bertz CT molecular complexity index is 338. The molecule has 2 rings (SSSR count). The van der Waals surface area contributed by atoms with Gasteiger partial charge in [0, 0.05) is 12.2 Å². The Morgan fingerprint density at radius 3 is 3.00 bits per heavy atom. The fraction of sp³-hybridized carbons (Fsp3) is 0.545. The third-order valence-electron chi connectivity index (χ3n) is 2.75. The van der Waals surface area contributed by atoms with Crippen LogP contribution in [0, 0.1) is 12.8 Å². The van der Waals surface area contributed by atoms with E-state index in [9.17, 15) is 0 Å². The molecule has 1 heterocycles. The molecule has 0 aliphatic heterocycles. The number of nitrogens with one attached hydrogen (secondary N) is 1. The van der Waals surface area contributed by atoms with Gasteiger partial charge in [0.25, 0.3) is 0 Å². The number of aromatic nitrogens is 1. The molecule has 14 heavy (non-hydrogen) atoms. The lowest BCUT2D eigenvalue weighted by Gasteiger charge is -2.07. The lowest BCUT2D eigenvalue weighted by Crippen LogP contribution is -2.06. The van der Waals surface area contributed by atoms with E-state index in [-0.39, 0.29) is 0 Å². The second-order valence-electron chi connectivity index (χ2n) is 4.00. The number of hydrogen-bond donors (Lipinski definition) is 1. The number of halogens is 1. The van der Waals surface area contributed by atoms with Crippen LogP contribution in [0.1, 0.15) is 25.3 Å². The molecule has 1 aliphatic carbocycles. The van der Waals surface area contributed by atoms with Gasteiger partial charge in [-0.05, 0) is 46.8 Å². The molecule has 0 spiro atoms. The number of hydrogen-bond acceptors (Lipinski definition) is 2. The SMILES string of the molecule is CCC1CC1Nc1ncc(C)cc1Br. The first kappa shape index (κ1) is 9.97. The number of pyridine rings is 1. The van der Waals surface area contributed by atoms with E-state index < -0.39 is 0 Å². The van der Waals surface area contributed by atoms with Crippen molar-refractivity contribution in [2.75, 3.05) is 5.32 Å². The van der Waals surface area contributed by atoms with Gasteiger partial charge in [-0.15, -0.1) is 0 Å². The van der Waals surface area contributed by atoms with Gasteiger partial charge >= 0.3 is 0 Å². The van der Waals surface area contributed by atoms with Crippen LogP contribution in [0.15, 0.2) is 16.7 Å². The first-order chi connectivity index (χ1) is 6.70. The zero-order chi connectivity index (χ0) is 10.1. The Balaban J connectivity index is 2.03. The zero-order valence-corrected chi connectivity index (χ0v) is 10.1. The minimum absolute atomic E-state index is 0.645. The summed E-state index contributed by atoms with van der Waals surface area (Å²) in [6.45, 7) is 4.29. The molecule has 2 nitrogen and oxygen atoms in total. The van der Waals surface area contributed by atoms with Crippen molar-refractivity contribution in [1.29, 1.82) is 0 Å². The summed E-state index contributed by atoms with van der Waals surface area (Å²) >= 11 is 3.52. The highest BCUT2D eigenvalue weighted by Crippen LogP contribution is 2.37. The van der Waals surface area contributed by atoms with E-state index in [4.69, 9.17) is 0 Å². The Hall–Kier alpha value is -0.570. The summed E-state index contributed by atoms with van der Waals surface area (Å²) in [6.07, 6.45) is 4.45. The normalized spacial score (nSPS) is 24.8. The van der Waals surface area contributed by atoms with E-state index in [1.165, 1.54) is 18.4 Å². The van der Waals surface area contributed by atoms with Crippen molar-refractivity contribution in [3.8, 4) is 0 Å². The standard InChI is InChI=1S/C11H15BrN2/c1-3-8-5-10(8)14-11-9(12)4-7(2)6-13-11/h4,6,8,10H,3,5H2,1-2H3,(H,13,14). The van der Waals surface area contributed by atoms with Crippen molar-refractivity contribution in [3.05, 3.63) is 22.3 Å². The Kier molecular flexibility index (Phi) is 2.77. The monoisotopic (exact) mass is 254 g/mol. The summed E-state index contributed by atoms with van der Waals surface area (Å²) in [5.74, 6) is 1.83. The summed E-state index contributed by atoms with van der Waals surface area (Å²) in [6, 6.07) is 2.74. The van der Waals surface area contributed by atoms with Gasteiger partial charge in [0.05, 0.1) is 4.47 Å². The highest BCUT2D eigenvalue weighted by atomic mass is 79.9. The van der Waals surface area contributed by atoms with Gasteiger partial charge < -0.3 is 5.32 Å². The first-order valence-electron chi connectivity index (χ1n) is 5.09. The Morgan fingerprint density at radius 2 is 2.43 bits per heavy atom. The van der Waals surface area contributed by atoms with Crippen LogP contribution >= 0.6 is 15.9 Å². The second-order valence-corrected chi connectivity index (χ2v) is 4.85. The third-order valence-corrected chi connectivity index (χ3v) is 3.35. The lowest BCUT2D eigenvalue weighted by atomic mass is 10.3. The molecule has 1 fully saturated rings. The van der Waals surface area contributed by atoms with Crippen LogP contribution in [-0.2, 0) is 0 Å². The largest absolute Gasteiger partial charge is 0.366 e.